The van der Waals surface area contributed by atoms with E-state index in [9.17, 15) is 4.79 Å². The van der Waals surface area contributed by atoms with E-state index in [-0.39, 0.29) is 12.5 Å². The van der Waals surface area contributed by atoms with Gasteiger partial charge in [-0.05, 0) is 75.2 Å². The van der Waals surface area contributed by atoms with E-state index in [0.717, 1.165) is 28.3 Å². The smallest absolute Gasteiger partial charge is 0.259 e. The van der Waals surface area contributed by atoms with Gasteiger partial charge in [-0.2, -0.15) is 5.10 Å². The molecule has 3 aromatic rings. The zero-order valence-electron chi connectivity index (χ0n) is 17.4. The number of aryl methyl sites for hydroxylation is 3. The molecule has 0 saturated carbocycles. The van der Waals surface area contributed by atoms with Crippen LogP contribution in [0, 0.1) is 27.7 Å². The summed E-state index contributed by atoms with van der Waals surface area (Å²) in [6.07, 6.45) is 1.64. The second-order valence-corrected chi connectivity index (χ2v) is 8.02. The Kier molecular flexibility index (Phi) is 6.85. The van der Waals surface area contributed by atoms with Crippen molar-refractivity contribution in [1.29, 1.82) is 0 Å². The van der Waals surface area contributed by atoms with E-state index >= 15 is 0 Å². The van der Waals surface area contributed by atoms with Crippen LogP contribution in [0.1, 0.15) is 28.1 Å². The summed E-state index contributed by atoms with van der Waals surface area (Å²) in [5, 5.41) is 8.22. The topological polar surface area (TPSA) is 58.4 Å². The van der Waals surface area contributed by atoms with Crippen molar-refractivity contribution in [3.05, 3.63) is 80.6 Å². The average Bonchev–Trinajstić information content (AvgIpc) is 2.98. The maximum atomic E-state index is 12.1. The highest BCUT2D eigenvalue weighted by Crippen LogP contribution is 2.27. The molecule has 0 fully saturated rings. The van der Waals surface area contributed by atoms with Crippen LogP contribution >= 0.6 is 23.2 Å². The maximum absolute atomic E-state index is 12.1. The van der Waals surface area contributed by atoms with Crippen molar-refractivity contribution in [2.45, 2.75) is 27.7 Å². The normalized spacial score (nSPS) is 11.1. The van der Waals surface area contributed by atoms with Crippen LogP contribution in [0.2, 0.25) is 10.0 Å². The number of nitrogens with zero attached hydrogens (tertiary/aromatic N) is 2. The molecule has 0 bridgehead atoms. The number of aromatic nitrogens is 1. The van der Waals surface area contributed by atoms with Crippen molar-refractivity contribution in [1.82, 2.24) is 9.99 Å². The quantitative estimate of drug-likeness (QED) is 0.386. The largest absolute Gasteiger partial charge is 0.376 e. The summed E-state index contributed by atoms with van der Waals surface area (Å²) < 4.78 is 2.06. The predicted molar refractivity (Wildman–Crippen MR) is 125 cm³/mol. The number of hydrogen-bond donors (Lipinski definition) is 2. The fourth-order valence-corrected chi connectivity index (χ4v) is 3.48. The van der Waals surface area contributed by atoms with Gasteiger partial charge in [0.1, 0.15) is 0 Å². The molecule has 2 aromatic carbocycles. The molecule has 1 amide bonds. The van der Waals surface area contributed by atoms with Gasteiger partial charge in [0.05, 0.1) is 22.8 Å². The van der Waals surface area contributed by atoms with Gasteiger partial charge in [-0.3, -0.25) is 4.79 Å². The number of carbonyl (C=O) groups is 1. The van der Waals surface area contributed by atoms with Crippen molar-refractivity contribution < 1.29 is 4.79 Å². The molecule has 0 spiro atoms. The van der Waals surface area contributed by atoms with E-state index in [2.05, 4.69) is 27.3 Å². The second kappa shape index (κ2) is 9.37. The highest BCUT2D eigenvalue weighted by atomic mass is 35.5. The summed E-state index contributed by atoms with van der Waals surface area (Å²) in [5.74, 6) is -0.220. The molecule has 5 nitrogen and oxygen atoms in total. The molecule has 0 saturated heterocycles. The third-order valence-electron chi connectivity index (χ3n) is 4.98. The van der Waals surface area contributed by atoms with Crippen molar-refractivity contribution in [2.75, 3.05) is 11.9 Å². The minimum Gasteiger partial charge on any atom is -0.376 e. The Morgan fingerprint density at radius 3 is 2.47 bits per heavy atom. The molecule has 0 aliphatic heterocycles. The van der Waals surface area contributed by atoms with Gasteiger partial charge < -0.3 is 9.88 Å². The molecule has 7 heteroatoms. The average molecular weight is 443 g/mol. The van der Waals surface area contributed by atoms with Crippen LogP contribution in [0.3, 0.4) is 0 Å². The second-order valence-electron chi connectivity index (χ2n) is 7.21. The number of benzene rings is 2. The first-order valence-electron chi connectivity index (χ1n) is 9.53. The first kappa shape index (κ1) is 21.9. The Morgan fingerprint density at radius 1 is 1.00 bits per heavy atom. The summed E-state index contributed by atoms with van der Waals surface area (Å²) in [6.45, 7) is 8.22. The highest BCUT2D eigenvalue weighted by molar-refractivity contribution is 6.42. The summed E-state index contributed by atoms with van der Waals surface area (Å²) in [4.78, 5) is 12.1. The van der Waals surface area contributed by atoms with Crippen molar-refractivity contribution in [3.8, 4) is 5.69 Å². The van der Waals surface area contributed by atoms with E-state index in [1.807, 2.05) is 57.2 Å². The van der Waals surface area contributed by atoms with Crippen LogP contribution < -0.4 is 10.7 Å². The number of anilines is 1. The number of hydrazone groups is 1. The number of carbonyl (C=O) groups excluding carboxylic acids is 1. The summed E-state index contributed by atoms with van der Waals surface area (Å²) in [7, 11) is 0. The molecule has 3 rings (SSSR count). The Morgan fingerprint density at radius 2 is 1.77 bits per heavy atom. The third kappa shape index (κ3) is 5.04. The number of rotatable bonds is 6. The maximum Gasteiger partial charge on any atom is 0.259 e. The molecule has 1 aromatic heterocycles. The fraction of sp³-hybridized carbons (Fsp3) is 0.217. The van der Waals surface area contributed by atoms with E-state index in [1.165, 1.54) is 11.1 Å². The summed E-state index contributed by atoms with van der Waals surface area (Å²) in [6, 6.07) is 13.5. The Hall–Kier alpha value is -2.76. The molecular weight excluding hydrogens is 419 g/mol. The van der Waals surface area contributed by atoms with Gasteiger partial charge in [-0.15, -0.1) is 0 Å². The van der Waals surface area contributed by atoms with Crippen molar-refractivity contribution in [2.24, 2.45) is 5.10 Å². The SMILES string of the molecule is Cc1ccc(NCC(=O)N/N=C/c2cc(C)n(-c3ccc(Cl)c(Cl)c3)c2C)cc1C. The first-order valence-corrected chi connectivity index (χ1v) is 10.3. The van der Waals surface area contributed by atoms with Crippen molar-refractivity contribution >= 4 is 41.0 Å². The molecule has 0 unspecified atom stereocenters. The monoisotopic (exact) mass is 442 g/mol. The summed E-state index contributed by atoms with van der Waals surface area (Å²) >= 11 is 12.2. The van der Waals surface area contributed by atoms with Gasteiger partial charge in [0.25, 0.3) is 5.91 Å². The molecule has 2 N–H and O–H groups in total. The number of amides is 1. The molecule has 0 aliphatic carbocycles. The highest BCUT2D eigenvalue weighted by Gasteiger charge is 2.11. The minimum absolute atomic E-state index is 0.141. The molecule has 156 valence electrons. The van der Waals surface area contributed by atoms with Crippen LogP contribution in [0.15, 0.2) is 47.6 Å². The molecule has 0 radical (unpaired) electrons. The van der Waals surface area contributed by atoms with E-state index in [1.54, 1.807) is 12.3 Å². The van der Waals surface area contributed by atoms with Gasteiger partial charge in [0.2, 0.25) is 0 Å². The van der Waals surface area contributed by atoms with Crippen LogP contribution in [-0.4, -0.2) is 23.2 Å². The summed E-state index contributed by atoms with van der Waals surface area (Å²) in [5.41, 5.74) is 9.68. The minimum atomic E-state index is -0.220. The van der Waals surface area contributed by atoms with Gasteiger partial charge in [0.15, 0.2) is 0 Å². The first-order chi connectivity index (χ1) is 14.3. The standard InChI is InChI=1S/C23H24Cl2N4O/c1-14-5-6-19(9-15(14)2)26-13-23(30)28-27-12-18-10-16(3)29(17(18)4)20-7-8-21(24)22(25)11-20/h5-12,26H,13H2,1-4H3,(H,28,30)/b27-12+. The molecular formula is C23H24Cl2N4O. The van der Waals surface area contributed by atoms with Crippen LogP contribution in [0.25, 0.3) is 5.69 Å². The van der Waals surface area contributed by atoms with Gasteiger partial charge in [-0.1, -0.05) is 29.3 Å². The number of nitrogens with one attached hydrogen (secondary N) is 2. The molecule has 30 heavy (non-hydrogen) atoms. The Labute approximate surface area is 186 Å². The number of halogens is 2. The lowest BCUT2D eigenvalue weighted by Gasteiger charge is -2.10. The lowest BCUT2D eigenvalue weighted by Crippen LogP contribution is -2.25. The van der Waals surface area contributed by atoms with E-state index in [0.29, 0.717) is 10.0 Å². The van der Waals surface area contributed by atoms with Crippen LogP contribution in [0.5, 0.6) is 0 Å². The van der Waals surface area contributed by atoms with Gasteiger partial charge in [0, 0.05) is 28.3 Å². The lowest BCUT2D eigenvalue weighted by molar-refractivity contribution is -0.119. The fourth-order valence-electron chi connectivity index (χ4n) is 3.19. The zero-order valence-corrected chi connectivity index (χ0v) is 18.9. The van der Waals surface area contributed by atoms with Crippen LogP contribution in [-0.2, 0) is 4.79 Å². The number of hydrogen-bond acceptors (Lipinski definition) is 3. The lowest BCUT2D eigenvalue weighted by atomic mass is 10.1. The van der Waals surface area contributed by atoms with Crippen LogP contribution in [0.4, 0.5) is 5.69 Å². The zero-order chi connectivity index (χ0) is 21.8. The Bertz CT molecular complexity index is 1120. The predicted octanol–water partition coefficient (Wildman–Crippen LogP) is 5.58. The third-order valence-corrected chi connectivity index (χ3v) is 5.72. The molecule has 1 heterocycles. The van der Waals surface area contributed by atoms with Gasteiger partial charge >= 0.3 is 0 Å². The Balaban J connectivity index is 1.64. The van der Waals surface area contributed by atoms with E-state index < -0.39 is 0 Å². The molecule has 0 atom stereocenters. The molecule has 0 aliphatic rings. The van der Waals surface area contributed by atoms with Gasteiger partial charge in [-0.25, -0.2) is 5.43 Å². The van der Waals surface area contributed by atoms with E-state index in [4.69, 9.17) is 23.2 Å². The van der Waals surface area contributed by atoms with Crippen molar-refractivity contribution in [3.63, 3.8) is 0 Å².